The number of carbonyl (C=O) groups is 4. The number of methoxy groups -OCH3 is 4. The summed E-state index contributed by atoms with van der Waals surface area (Å²) in [6.45, 7) is 34.5. The zero-order valence-electron chi connectivity index (χ0n) is 88.9. The molecule has 0 bridgehead atoms. The average molecular weight is 2240 g/mol. The highest BCUT2D eigenvalue weighted by molar-refractivity contribution is 14.1. The van der Waals surface area contributed by atoms with E-state index < -0.39 is 40.0 Å². The SMILES string of the molecule is C.CC#Cc1cc(OCCCCCCCCCC)c(C#Cc2cc(C(=O)OCCOCCOCCOC)c(C#CC)cc2C(=O)OCCOCCOCCOC)cc1OCCCCCCCCCC.CCCCCCCCCCOc1cc(I)c(OCCCCCCCCCC)cc1I.COCCOCCOCCOC(=O)c1cc(C#C[Si](C)(C)C)c(C(=O)OCCOCCOCOC)cc1C#C[Si](C)(C)C. The molecule has 0 amide bonds. The van der Waals surface area contributed by atoms with Gasteiger partial charge in [-0.15, -0.1) is 22.9 Å². The quantitative estimate of drug-likeness (QED) is 0.00757. The summed E-state index contributed by atoms with van der Waals surface area (Å²) in [5, 5.41) is 0. The van der Waals surface area contributed by atoms with Crippen LogP contribution < -0.4 is 18.9 Å². The monoisotopic (exact) mass is 2240 g/mol. The molecule has 142 heavy (non-hydrogen) atoms. The first-order valence-electron chi connectivity index (χ1n) is 51.7. The summed E-state index contributed by atoms with van der Waals surface area (Å²) in [4.78, 5) is 53.9. The Morgan fingerprint density at radius 3 is 0.725 bits per heavy atom. The smallest absolute Gasteiger partial charge is 0.339 e. The molecule has 0 radical (unpaired) electrons. The minimum atomic E-state index is -1.82. The predicted octanol–water partition coefficient (Wildman–Crippen LogP) is 24.9. The number of unbranched alkanes of at least 4 members (excludes halogenated alkanes) is 28. The Morgan fingerprint density at radius 1 is 0.246 bits per heavy atom. The van der Waals surface area contributed by atoms with Crippen LogP contribution in [0, 0.1) is 65.6 Å². The van der Waals surface area contributed by atoms with E-state index in [4.69, 9.17) is 94.7 Å². The van der Waals surface area contributed by atoms with Crippen molar-refractivity contribution in [2.45, 2.75) is 294 Å². The van der Waals surface area contributed by atoms with Crippen molar-refractivity contribution >= 4 is 85.2 Å². The molecule has 0 saturated heterocycles. The largest absolute Gasteiger partial charge is 0.492 e. The minimum Gasteiger partial charge on any atom is -0.492 e. The van der Waals surface area contributed by atoms with Gasteiger partial charge in [0.05, 0.1) is 186 Å². The highest BCUT2D eigenvalue weighted by atomic mass is 127. The van der Waals surface area contributed by atoms with Gasteiger partial charge >= 0.3 is 23.9 Å². The van der Waals surface area contributed by atoms with Crippen molar-refractivity contribution in [3.8, 4) is 81.4 Å². The van der Waals surface area contributed by atoms with Crippen molar-refractivity contribution < 1.29 is 114 Å². The lowest BCUT2D eigenvalue weighted by molar-refractivity contribution is -0.0537. The van der Waals surface area contributed by atoms with Gasteiger partial charge in [-0.05, 0) is 121 Å². The normalized spacial score (nSPS) is 10.8. The Balaban J connectivity index is 0.00000116. The van der Waals surface area contributed by atoms with Crippen LogP contribution >= 0.6 is 45.2 Å². The Labute approximate surface area is 886 Å². The van der Waals surface area contributed by atoms with Gasteiger partial charge < -0.3 is 94.7 Å². The summed E-state index contributed by atoms with van der Waals surface area (Å²) in [5.74, 6) is 25.5. The molecule has 28 heteroatoms. The average Bonchev–Trinajstić information content (AvgIpc) is 0.801. The van der Waals surface area contributed by atoms with Crippen molar-refractivity contribution in [2.75, 3.05) is 207 Å². The van der Waals surface area contributed by atoms with E-state index in [0.717, 1.165) is 76.8 Å². The maximum atomic E-state index is 13.8. The molecule has 800 valence electrons. The third kappa shape index (κ3) is 69.3. The van der Waals surface area contributed by atoms with Crippen LogP contribution in [0.1, 0.15) is 329 Å². The Morgan fingerprint density at radius 2 is 0.465 bits per heavy atom. The zero-order chi connectivity index (χ0) is 103. The maximum Gasteiger partial charge on any atom is 0.339 e. The first-order valence-corrected chi connectivity index (χ1v) is 60.9. The molecule has 24 nitrogen and oxygen atoms in total. The molecular weight excluding hydrogens is 2060 g/mol. The van der Waals surface area contributed by atoms with Crippen LogP contribution in [0.5, 0.6) is 23.0 Å². The molecule has 4 aromatic rings. The number of ether oxygens (including phenoxy) is 20. The van der Waals surface area contributed by atoms with Crippen molar-refractivity contribution in [1.82, 2.24) is 0 Å². The predicted molar refractivity (Wildman–Crippen MR) is 592 cm³/mol. The van der Waals surface area contributed by atoms with Gasteiger partial charge in [0.15, 0.2) is 0 Å². The lowest BCUT2D eigenvalue weighted by atomic mass is 9.98. The minimum absolute atomic E-state index is 0. The van der Waals surface area contributed by atoms with Crippen LogP contribution in [0.25, 0.3) is 0 Å². The Hall–Kier alpha value is -6.83. The van der Waals surface area contributed by atoms with Crippen LogP contribution in [-0.4, -0.2) is 247 Å². The van der Waals surface area contributed by atoms with E-state index in [1.165, 1.54) is 173 Å². The molecule has 0 atom stereocenters. The standard InChI is InChI=1S/C56H82O12.C31H48O10Si2.C26H44I2O2.CH4/c1-7-11-13-15-17-19-21-23-29-65-53-46-50(54(45-49(53)26-10-4)66-30-24-22-20-18-16-14-12-8-2)28-27-48-44-51(55(57)67-41-39-63-37-35-61-33-31-59-5)47(25-9-3)43-52(48)56(58)68-42-40-64-38-36-62-34-32-60-6;1-34-11-12-36-13-14-37-17-19-40-30(32)28-23-27(10-22-43(6,7)8)29(24-26(28)9-21-42(3,4)5)31(33)41-20-18-38-15-16-39-25-35-2;1-3-5-7-9-11-13-15-17-19-29-25-21-24(28)26(22-23(25)27)30-20-18-16-14-12-10-8-6-4-2;/h43-46H,7-8,11-24,29-42H2,1-6H3;23-24H,11-20,25H2,1-8H3;21-22H,3-20H2,1-2H3;1H4. The number of hydrogen-bond donors (Lipinski definition) is 0. The number of hydrogen-bond acceptors (Lipinski definition) is 24. The summed E-state index contributed by atoms with van der Waals surface area (Å²) in [5.41, 5.74) is 9.88. The zero-order valence-corrected chi connectivity index (χ0v) is 95.2. The van der Waals surface area contributed by atoms with E-state index in [-0.39, 0.29) is 94.9 Å². The van der Waals surface area contributed by atoms with Crippen LogP contribution in [0.4, 0.5) is 0 Å². The van der Waals surface area contributed by atoms with Gasteiger partial charge in [0.1, 0.15) is 72.4 Å². The maximum absolute atomic E-state index is 13.8. The summed E-state index contributed by atoms with van der Waals surface area (Å²) in [6, 6.07) is 14.2. The fourth-order valence-electron chi connectivity index (χ4n) is 13.4. The van der Waals surface area contributed by atoms with Crippen LogP contribution in [-0.2, 0) is 75.8 Å². The molecule has 0 aliphatic heterocycles. The fourth-order valence-corrected chi connectivity index (χ4v) is 15.6. The third-order valence-electron chi connectivity index (χ3n) is 21.1. The van der Waals surface area contributed by atoms with E-state index >= 15 is 0 Å². The summed E-state index contributed by atoms with van der Waals surface area (Å²) < 4.78 is 113. The molecule has 0 heterocycles. The fraction of sp³-hybridized carbons (Fsp3) is 0.667. The number of halogens is 2. The summed E-state index contributed by atoms with van der Waals surface area (Å²) in [7, 11) is 2.74. The highest BCUT2D eigenvalue weighted by Crippen LogP contribution is 2.34. The molecule has 0 spiro atoms. The van der Waals surface area contributed by atoms with Gasteiger partial charge in [0.25, 0.3) is 0 Å². The third-order valence-corrected chi connectivity index (χ3v) is 24.5. The number of rotatable bonds is 79. The van der Waals surface area contributed by atoms with Gasteiger partial charge in [-0.25, -0.2) is 19.2 Å². The second kappa shape index (κ2) is 90.5. The van der Waals surface area contributed by atoms with Gasteiger partial charge in [-0.2, -0.15) is 0 Å². The molecule has 0 aromatic heterocycles. The van der Waals surface area contributed by atoms with E-state index in [2.05, 4.69) is 183 Å². The van der Waals surface area contributed by atoms with E-state index in [0.29, 0.717) is 145 Å². The molecule has 0 unspecified atom stereocenters. The molecule has 0 saturated carbocycles. The summed E-state index contributed by atoms with van der Waals surface area (Å²) >= 11 is 4.74. The van der Waals surface area contributed by atoms with Gasteiger partial charge in [0.2, 0.25) is 0 Å². The number of carbonyl (C=O) groups excluding carboxylic acids is 4. The van der Waals surface area contributed by atoms with Crippen LogP contribution in [0.15, 0.2) is 48.5 Å². The Kier molecular flexibility index (Phi) is 84.9. The van der Waals surface area contributed by atoms with Crippen molar-refractivity contribution in [3.63, 3.8) is 0 Å². The number of esters is 4. The van der Waals surface area contributed by atoms with Crippen LogP contribution in [0.3, 0.4) is 0 Å². The lowest BCUT2D eigenvalue weighted by Gasteiger charge is -2.14. The van der Waals surface area contributed by atoms with E-state index in [1.807, 2.05) is 12.1 Å². The van der Waals surface area contributed by atoms with Crippen molar-refractivity contribution in [1.29, 1.82) is 0 Å². The van der Waals surface area contributed by atoms with Crippen LogP contribution in [0.2, 0.25) is 39.3 Å². The Bertz CT molecular complexity index is 4270. The molecule has 4 rings (SSSR count). The second-order valence-electron chi connectivity index (χ2n) is 35.9. The number of benzene rings is 4. The molecular formula is C114H178I2O24Si2. The molecule has 0 N–H and O–H groups in total. The molecule has 0 fully saturated rings. The van der Waals surface area contributed by atoms with Crippen molar-refractivity contribution in [3.05, 3.63) is 111 Å². The topological polar surface area (TPSA) is 253 Å². The van der Waals surface area contributed by atoms with Gasteiger partial charge in [-0.1, -0.05) is 290 Å². The highest BCUT2D eigenvalue weighted by Gasteiger charge is 2.25. The first-order chi connectivity index (χ1) is 68.5. The van der Waals surface area contributed by atoms with Gasteiger partial charge in [-0.3, -0.25) is 0 Å². The molecule has 0 aliphatic carbocycles. The first kappa shape index (κ1) is 133. The van der Waals surface area contributed by atoms with Crippen molar-refractivity contribution in [2.24, 2.45) is 0 Å². The van der Waals surface area contributed by atoms with Gasteiger partial charge in [0, 0.05) is 62.8 Å². The molecule has 4 aromatic carbocycles. The lowest BCUT2D eigenvalue weighted by Crippen LogP contribution is -2.19. The van der Waals surface area contributed by atoms with E-state index in [9.17, 15) is 19.2 Å². The van der Waals surface area contributed by atoms with E-state index in [1.54, 1.807) is 54.4 Å². The summed E-state index contributed by atoms with van der Waals surface area (Å²) in [6.07, 6.45) is 40.2. The molecule has 0 aliphatic rings. The second-order valence-corrected chi connectivity index (χ2v) is 47.7.